The Bertz CT molecular complexity index is 1810. The summed E-state index contributed by atoms with van der Waals surface area (Å²) in [6.45, 7) is 4.61. The molecular formula is C31H27F5IN5O. The third kappa shape index (κ3) is 5.17. The first kappa shape index (κ1) is 29.5. The molecule has 0 atom stereocenters. The topological polar surface area (TPSA) is 59.0 Å². The van der Waals surface area contributed by atoms with Gasteiger partial charge in [-0.25, -0.2) is 18.4 Å². The minimum atomic E-state index is -4.71. The third-order valence-corrected chi connectivity index (χ3v) is 8.32. The van der Waals surface area contributed by atoms with Gasteiger partial charge in [-0.15, -0.1) is 0 Å². The van der Waals surface area contributed by atoms with E-state index in [0.717, 1.165) is 46.3 Å². The Morgan fingerprint density at radius 2 is 1.79 bits per heavy atom. The average Bonchev–Trinajstić information content (AvgIpc) is 3.62. The molecule has 0 saturated carbocycles. The maximum atomic E-state index is 15.7. The summed E-state index contributed by atoms with van der Waals surface area (Å²) in [5.41, 5.74) is 5.60. The van der Waals surface area contributed by atoms with Crippen LogP contribution in [0.5, 0.6) is 0 Å². The number of fused-ring (bicyclic) bond motifs is 2. The molecule has 0 aliphatic carbocycles. The SMILES string of the molecule is CCc1cccc(CC)c1-n1nc2c(c1-c1cc(F)c(COI)c3[nH]ccc13)CN(c1ncc(C(F)(F)F)cc1F)CC2. The number of rotatable bonds is 7. The lowest BCUT2D eigenvalue weighted by molar-refractivity contribution is -0.138. The van der Waals surface area contributed by atoms with Crippen molar-refractivity contribution in [3.8, 4) is 16.9 Å². The van der Waals surface area contributed by atoms with Gasteiger partial charge in [0.15, 0.2) is 11.6 Å². The summed E-state index contributed by atoms with van der Waals surface area (Å²) >= 11 is 1.73. The Morgan fingerprint density at radius 1 is 1.05 bits per heavy atom. The van der Waals surface area contributed by atoms with Crippen LogP contribution >= 0.6 is 23.0 Å². The number of pyridine rings is 1. The van der Waals surface area contributed by atoms with Crippen LogP contribution in [0.2, 0.25) is 0 Å². The van der Waals surface area contributed by atoms with E-state index in [4.69, 9.17) is 8.16 Å². The number of H-pyrrole nitrogens is 1. The van der Waals surface area contributed by atoms with E-state index in [9.17, 15) is 13.2 Å². The number of hydrogen-bond acceptors (Lipinski definition) is 4. The first-order valence-electron chi connectivity index (χ1n) is 13.9. The molecule has 0 saturated heterocycles. The molecule has 4 heterocycles. The molecule has 6 nitrogen and oxygen atoms in total. The molecule has 1 aliphatic heterocycles. The number of aromatic amines is 1. The Morgan fingerprint density at radius 3 is 2.44 bits per heavy atom. The molecule has 0 amide bonds. The van der Waals surface area contributed by atoms with Crippen molar-refractivity contribution in [1.29, 1.82) is 0 Å². The van der Waals surface area contributed by atoms with E-state index in [2.05, 4.69) is 23.8 Å². The standard InChI is InChI=1S/C31H27F5IN5O/c1-3-17-6-5-7-18(4-2)28(17)42-29(21-13-24(32)23(16-43-37)27-20(21)8-10-38-27)22-15-41(11-9-26(22)40-42)30-25(33)12-19(14-39-30)31(34,35)36/h5-8,10,12-14,38H,3-4,9,11,15-16H2,1-2H3. The Balaban J connectivity index is 1.59. The quantitative estimate of drug-likeness (QED) is 0.137. The zero-order valence-corrected chi connectivity index (χ0v) is 25.5. The van der Waals surface area contributed by atoms with Gasteiger partial charge in [0, 0.05) is 54.0 Å². The van der Waals surface area contributed by atoms with Crippen LogP contribution in [0.15, 0.2) is 48.8 Å². The molecule has 2 aromatic carbocycles. The summed E-state index contributed by atoms with van der Waals surface area (Å²) in [5.74, 6) is -1.68. The highest BCUT2D eigenvalue weighted by Crippen LogP contribution is 2.41. The highest BCUT2D eigenvalue weighted by molar-refractivity contribution is 14.1. The van der Waals surface area contributed by atoms with Gasteiger partial charge in [0.1, 0.15) is 28.8 Å². The first-order chi connectivity index (χ1) is 20.7. The summed E-state index contributed by atoms with van der Waals surface area (Å²) in [7, 11) is 0. The smallest absolute Gasteiger partial charge is 0.361 e. The molecule has 3 aromatic heterocycles. The van der Waals surface area contributed by atoms with E-state index in [1.165, 1.54) is 6.07 Å². The minimum absolute atomic E-state index is 0.0619. The minimum Gasteiger partial charge on any atom is -0.361 e. The molecule has 1 aliphatic rings. The highest BCUT2D eigenvalue weighted by Gasteiger charge is 2.34. The van der Waals surface area contributed by atoms with Crippen molar-refractivity contribution in [2.24, 2.45) is 0 Å². The fraction of sp³-hybridized carbons (Fsp3) is 0.290. The van der Waals surface area contributed by atoms with Crippen molar-refractivity contribution in [3.63, 3.8) is 0 Å². The van der Waals surface area contributed by atoms with Gasteiger partial charge in [0.2, 0.25) is 0 Å². The number of anilines is 1. The van der Waals surface area contributed by atoms with Crippen LogP contribution in [0.1, 0.15) is 47.4 Å². The van der Waals surface area contributed by atoms with Crippen molar-refractivity contribution in [2.75, 3.05) is 11.4 Å². The Labute approximate surface area is 258 Å². The van der Waals surface area contributed by atoms with Crippen molar-refractivity contribution < 1.29 is 25.0 Å². The van der Waals surface area contributed by atoms with E-state index in [1.807, 2.05) is 28.9 Å². The van der Waals surface area contributed by atoms with Crippen LogP contribution in [0.4, 0.5) is 27.8 Å². The predicted octanol–water partition coefficient (Wildman–Crippen LogP) is 8.27. The van der Waals surface area contributed by atoms with Gasteiger partial charge in [-0.3, -0.25) is 0 Å². The van der Waals surface area contributed by atoms with Crippen LogP contribution in [-0.2, 0) is 41.7 Å². The molecule has 0 fully saturated rings. The van der Waals surface area contributed by atoms with Crippen LogP contribution in [0.25, 0.3) is 27.8 Å². The molecule has 0 unspecified atom stereocenters. The average molecular weight is 707 g/mol. The largest absolute Gasteiger partial charge is 0.417 e. The number of para-hydroxylation sites is 1. The second kappa shape index (κ2) is 11.5. The molecule has 0 radical (unpaired) electrons. The van der Waals surface area contributed by atoms with Crippen LogP contribution in [0.3, 0.4) is 0 Å². The zero-order chi connectivity index (χ0) is 30.5. The monoisotopic (exact) mass is 707 g/mol. The second-order valence-corrected chi connectivity index (χ2v) is 11.0. The number of aromatic nitrogens is 4. The first-order valence-corrected chi connectivity index (χ1v) is 14.8. The molecule has 6 rings (SSSR count). The van der Waals surface area contributed by atoms with E-state index in [1.54, 1.807) is 34.1 Å². The van der Waals surface area contributed by atoms with Crippen molar-refractivity contribution in [3.05, 3.63) is 93.9 Å². The van der Waals surface area contributed by atoms with Gasteiger partial charge >= 0.3 is 6.18 Å². The number of nitrogens with one attached hydrogen (secondary N) is 1. The molecule has 43 heavy (non-hydrogen) atoms. The molecule has 1 N–H and O–H groups in total. The van der Waals surface area contributed by atoms with Gasteiger partial charge in [-0.1, -0.05) is 32.0 Å². The van der Waals surface area contributed by atoms with Crippen LogP contribution in [-0.4, -0.2) is 26.3 Å². The van der Waals surface area contributed by atoms with Gasteiger partial charge in [0.05, 0.1) is 34.8 Å². The maximum Gasteiger partial charge on any atom is 0.417 e. The highest BCUT2D eigenvalue weighted by atomic mass is 127. The summed E-state index contributed by atoms with van der Waals surface area (Å²) < 4.78 is 77.5. The molecule has 12 heteroatoms. The van der Waals surface area contributed by atoms with Crippen LogP contribution < -0.4 is 4.90 Å². The van der Waals surface area contributed by atoms with Crippen molar-refractivity contribution in [1.82, 2.24) is 19.7 Å². The second-order valence-electron chi connectivity index (χ2n) is 10.4. The van der Waals surface area contributed by atoms with E-state index in [-0.39, 0.29) is 19.0 Å². The van der Waals surface area contributed by atoms with Crippen LogP contribution in [0, 0.1) is 11.6 Å². The Hall–Kier alpha value is -3.52. The van der Waals surface area contributed by atoms with Gasteiger partial charge in [-0.05, 0) is 42.2 Å². The predicted molar refractivity (Wildman–Crippen MR) is 162 cm³/mol. The lowest BCUT2D eigenvalue weighted by atomic mass is 9.96. The molecule has 0 bridgehead atoms. The number of alkyl halides is 3. The van der Waals surface area contributed by atoms with Crippen molar-refractivity contribution in [2.45, 2.75) is 52.4 Å². The number of aryl methyl sites for hydroxylation is 2. The van der Waals surface area contributed by atoms with Crippen molar-refractivity contribution >= 4 is 39.7 Å². The Kier molecular flexibility index (Phi) is 7.92. The maximum absolute atomic E-state index is 15.7. The normalized spacial score (nSPS) is 13.6. The van der Waals surface area contributed by atoms with E-state index >= 15 is 8.78 Å². The fourth-order valence-corrected chi connectivity index (χ4v) is 6.26. The molecule has 224 valence electrons. The van der Waals surface area contributed by atoms with Gasteiger partial charge < -0.3 is 13.0 Å². The lowest BCUT2D eigenvalue weighted by Gasteiger charge is -2.28. The summed E-state index contributed by atoms with van der Waals surface area (Å²) in [6, 6.07) is 9.91. The summed E-state index contributed by atoms with van der Waals surface area (Å²) in [4.78, 5) is 8.63. The zero-order valence-electron chi connectivity index (χ0n) is 23.3. The van der Waals surface area contributed by atoms with E-state index in [0.29, 0.717) is 47.6 Å². The summed E-state index contributed by atoms with van der Waals surface area (Å²) in [6.07, 6.45) is -0.453. The number of halogens is 6. The fourth-order valence-electron chi connectivity index (χ4n) is 5.94. The van der Waals surface area contributed by atoms with Gasteiger partial charge in [0.25, 0.3) is 0 Å². The number of nitrogens with zero attached hydrogens (tertiary/aromatic N) is 4. The third-order valence-electron chi connectivity index (χ3n) is 8.01. The molecule has 5 aromatic rings. The molecular weight excluding hydrogens is 680 g/mol. The number of benzene rings is 2. The molecule has 0 spiro atoms. The lowest BCUT2D eigenvalue weighted by Crippen LogP contribution is -2.32. The van der Waals surface area contributed by atoms with Gasteiger partial charge in [-0.2, -0.15) is 18.3 Å². The number of hydrogen-bond donors (Lipinski definition) is 1. The summed E-state index contributed by atoms with van der Waals surface area (Å²) in [5, 5.41) is 5.82. The van der Waals surface area contributed by atoms with E-state index < -0.39 is 23.4 Å².